The van der Waals surface area contributed by atoms with Crippen LogP contribution in [0.3, 0.4) is 0 Å². The molecular formula is C20H20IN. The minimum Gasteiger partial charge on any atom is -1.00 e. The summed E-state index contributed by atoms with van der Waals surface area (Å²) in [4.78, 5) is 0. The molecule has 0 atom stereocenters. The molecule has 0 amide bonds. The molecule has 3 rings (SSSR count). The second-order valence-corrected chi connectivity index (χ2v) is 5.25. The molecule has 3 N–H and O–H groups in total. The number of halogens is 1. The molecule has 1 nitrogen and oxygen atoms in total. The Morgan fingerprint density at radius 1 is 0.545 bits per heavy atom. The zero-order valence-electron chi connectivity index (χ0n) is 12.5. The maximum atomic E-state index is 4.29. The molecule has 3 aromatic carbocycles. The van der Waals surface area contributed by atoms with Crippen molar-refractivity contribution in [3.63, 3.8) is 0 Å². The van der Waals surface area contributed by atoms with Crippen molar-refractivity contribution >= 4 is 0 Å². The standard InChI is InChI=1S/C20H19N.HI/c21-16-20(17-10-4-1-5-11-17,18-12-6-2-7-13-18)19-14-8-3-9-15-19;/h1-15H,16,21H2;1H. The predicted octanol–water partition coefficient (Wildman–Crippen LogP) is 0.267. The van der Waals surface area contributed by atoms with Crippen molar-refractivity contribution < 1.29 is 29.7 Å². The fraction of sp³-hybridized carbons (Fsp3) is 0.100. The minimum atomic E-state index is -0.191. The van der Waals surface area contributed by atoms with Crippen molar-refractivity contribution in [1.29, 1.82) is 0 Å². The monoisotopic (exact) mass is 401 g/mol. The lowest BCUT2D eigenvalue weighted by molar-refractivity contribution is -0.377. The molecule has 0 heterocycles. The van der Waals surface area contributed by atoms with Gasteiger partial charge in [0.2, 0.25) is 0 Å². The normalized spacial score (nSPS) is 10.8. The number of quaternary nitrogens is 1. The van der Waals surface area contributed by atoms with Gasteiger partial charge >= 0.3 is 0 Å². The average molecular weight is 401 g/mol. The Balaban J connectivity index is 0.00000176. The topological polar surface area (TPSA) is 27.6 Å². The maximum absolute atomic E-state index is 4.29. The fourth-order valence-corrected chi connectivity index (χ4v) is 3.10. The minimum absolute atomic E-state index is 0. The van der Waals surface area contributed by atoms with Gasteiger partial charge in [-0.15, -0.1) is 0 Å². The highest BCUT2D eigenvalue weighted by molar-refractivity contribution is 5.50. The van der Waals surface area contributed by atoms with Gasteiger partial charge in [0, 0.05) is 0 Å². The molecule has 0 saturated carbocycles. The third-order valence-electron chi connectivity index (χ3n) is 4.17. The molecule has 0 aliphatic heterocycles. The van der Waals surface area contributed by atoms with Gasteiger partial charge < -0.3 is 29.7 Å². The van der Waals surface area contributed by atoms with E-state index in [1.807, 2.05) is 0 Å². The zero-order valence-corrected chi connectivity index (χ0v) is 14.6. The van der Waals surface area contributed by atoms with E-state index in [1.165, 1.54) is 16.7 Å². The molecule has 3 aromatic rings. The summed E-state index contributed by atoms with van der Waals surface area (Å²) >= 11 is 0. The second-order valence-electron chi connectivity index (χ2n) is 5.25. The summed E-state index contributed by atoms with van der Waals surface area (Å²) in [5.41, 5.74) is 7.96. The van der Waals surface area contributed by atoms with Crippen molar-refractivity contribution in [3.05, 3.63) is 108 Å². The first-order valence-corrected chi connectivity index (χ1v) is 7.34. The Morgan fingerprint density at radius 3 is 1.05 bits per heavy atom. The summed E-state index contributed by atoms with van der Waals surface area (Å²) < 4.78 is 0. The summed E-state index contributed by atoms with van der Waals surface area (Å²) in [6.45, 7) is 0.783. The largest absolute Gasteiger partial charge is 1.00 e. The molecule has 0 aliphatic rings. The Morgan fingerprint density at radius 2 is 0.818 bits per heavy atom. The molecule has 22 heavy (non-hydrogen) atoms. The van der Waals surface area contributed by atoms with E-state index < -0.39 is 0 Å². The molecule has 0 fully saturated rings. The Labute approximate surface area is 149 Å². The van der Waals surface area contributed by atoms with Crippen LogP contribution < -0.4 is 29.7 Å². The molecule has 0 spiro atoms. The van der Waals surface area contributed by atoms with Gasteiger partial charge in [-0.3, -0.25) is 0 Å². The number of rotatable bonds is 4. The van der Waals surface area contributed by atoms with Crippen LogP contribution in [-0.2, 0) is 5.41 Å². The van der Waals surface area contributed by atoms with Crippen molar-refractivity contribution in [1.82, 2.24) is 0 Å². The van der Waals surface area contributed by atoms with Gasteiger partial charge in [-0.2, -0.15) is 0 Å². The summed E-state index contributed by atoms with van der Waals surface area (Å²) in [5.74, 6) is 0. The third-order valence-corrected chi connectivity index (χ3v) is 4.17. The van der Waals surface area contributed by atoms with Crippen LogP contribution in [0.15, 0.2) is 91.0 Å². The Bertz CT molecular complexity index is 584. The first-order valence-electron chi connectivity index (χ1n) is 7.34. The van der Waals surface area contributed by atoms with Crippen LogP contribution in [0.2, 0.25) is 0 Å². The fourth-order valence-electron chi connectivity index (χ4n) is 3.10. The second kappa shape index (κ2) is 7.56. The lowest BCUT2D eigenvalue weighted by Crippen LogP contribution is -3.00. The average Bonchev–Trinajstić information content (AvgIpc) is 2.59. The Hall–Kier alpha value is -1.65. The van der Waals surface area contributed by atoms with Crippen LogP contribution in [0.4, 0.5) is 0 Å². The van der Waals surface area contributed by atoms with Crippen molar-refractivity contribution in [2.24, 2.45) is 0 Å². The van der Waals surface area contributed by atoms with Gasteiger partial charge in [-0.05, 0) is 16.7 Å². The highest BCUT2D eigenvalue weighted by Crippen LogP contribution is 2.37. The summed E-state index contributed by atoms with van der Waals surface area (Å²) in [7, 11) is 0. The summed E-state index contributed by atoms with van der Waals surface area (Å²) in [6, 6.07) is 32.0. The van der Waals surface area contributed by atoms with Crippen LogP contribution in [0, 0.1) is 0 Å². The van der Waals surface area contributed by atoms with E-state index >= 15 is 0 Å². The van der Waals surface area contributed by atoms with E-state index in [0.717, 1.165) is 6.54 Å². The van der Waals surface area contributed by atoms with Crippen molar-refractivity contribution in [3.8, 4) is 0 Å². The van der Waals surface area contributed by atoms with Crippen LogP contribution in [-0.4, -0.2) is 6.54 Å². The van der Waals surface area contributed by atoms with E-state index in [9.17, 15) is 0 Å². The van der Waals surface area contributed by atoms with E-state index in [4.69, 9.17) is 0 Å². The first kappa shape index (κ1) is 16.7. The van der Waals surface area contributed by atoms with Crippen LogP contribution >= 0.6 is 0 Å². The van der Waals surface area contributed by atoms with Crippen molar-refractivity contribution in [2.45, 2.75) is 5.41 Å². The molecule has 0 saturated heterocycles. The number of hydrogen-bond donors (Lipinski definition) is 1. The molecule has 0 bridgehead atoms. The Kier molecular flexibility index (Phi) is 5.75. The van der Waals surface area contributed by atoms with Gasteiger partial charge in [-0.25, -0.2) is 0 Å². The van der Waals surface area contributed by atoms with Crippen LogP contribution in [0.1, 0.15) is 16.7 Å². The molecule has 0 aliphatic carbocycles. The number of hydrogen-bond acceptors (Lipinski definition) is 0. The molecule has 0 radical (unpaired) electrons. The van der Waals surface area contributed by atoms with E-state index in [-0.39, 0.29) is 29.4 Å². The van der Waals surface area contributed by atoms with Crippen molar-refractivity contribution in [2.75, 3.05) is 6.54 Å². The van der Waals surface area contributed by atoms with E-state index in [2.05, 4.69) is 96.7 Å². The lowest BCUT2D eigenvalue weighted by atomic mass is 9.69. The van der Waals surface area contributed by atoms with Gasteiger partial charge in [0.1, 0.15) is 0 Å². The SMILES string of the molecule is [I-].[NH3+]CC(c1ccccc1)(c1ccccc1)c1ccccc1. The third kappa shape index (κ3) is 2.94. The van der Waals surface area contributed by atoms with E-state index in [1.54, 1.807) is 0 Å². The summed E-state index contributed by atoms with van der Waals surface area (Å²) in [5, 5.41) is 0. The van der Waals surface area contributed by atoms with Crippen LogP contribution in [0.5, 0.6) is 0 Å². The molecule has 2 heteroatoms. The van der Waals surface area contributed by atoms with E-state index in [0.29, 0.717) is 0 Å². The smallest absolute Gasteiger partial charge is 0.0940 e. The maximum Gasteiger partial charge on any atom is 0.0940 e. The quantitative estimate of drug-likeness (QED) is 0.480. The number of benzene rings is 3. The van der Waals surface area contributed by atoms with Gasteiger partial charge in [0.25, 0.3) is 0 Å². The molecule has 112 valence electrons. The van der Waals surface area contributed by atoms with Gasteiger partial charge in [-0.1, -0.05) is 91.0 Å². The predicted molar refractivity (Wildman–Crippen MR) is 87.0 cm³/mol. The summed E-state index contributed by atoms with van der Waals surface area (Å²) in [6.07, 6.45) is 0. The molecule has 0 aromatic heterocycles. The molecule has 0 unspecified atom stereocenters. The van der Waals surface area contributed by atoms with Gasteiger partial charge in [0.05, 0.1) is 12.0 Å². The first-order chi connectivity index (χ1) is 10.4. The van der Waals surface area contributed by atoms with Gasteiger partial charge in [0.15, 0.2) is 0 Å². The lowest BCUT2D eigenvalue weighted by Gasteiger charge is -2.32. The molecular weight excluding hydrogens is 381 g/mol. The zero-order chi connectivity index (χ0) is 14.5. The van der Waals surface area contributed by atoms with Crippen LogP contribution in [0.25, 0.3) is 0 Å². The highest BCUT2D eigenvalue weighted by Gasteiger charge is 2.36. The highest BCUT2D eigenvalue weighted by atomic mass is 127.